The first kappa shape index (κ1) is 12.9. The van der Waals surface area contributed by atoms with Crippen LogP contribution < -0.4 is 5.32 Å². The molecule has 80 valence electrons. The average molecular weight is 187 g/mol. The minimum atomic E-state index is -0.213. The molecule has 0 aliphatic carbocycles. The lowest BCUT2D eigenvalue weighted by molar-refractivity contribution is 0.119. The van der Waals surface area contributed by atoms with Crippen LogP contribution in [0.1, 0.15) is 41.0 Å². The molecular weight excluding hydrogens is 162 g/mol. The maximum atomic E-state index is 9.55. The van der Waals surface area contributed by atoms with E-state index in [9.17, 15) is 5.11 Å². The third-order valence-electron chi connectivity index (χ3n) is 2.27. The Kier molecular flexibility index (Phi) is 6.35. The van der Waals surface area contributed by atoms with Gasteiger partial charge in [-0.2, -0.15) is 0 Å². The fourth-order valence-electron chi connectivity index (χ4n) is 1.35. The number of aliphatic hydroxyl groups is 1. The standard InChI is InChI=1S/C11H25NO/c1-8(2)6-10(5)12-7-11(13)9(3)4/h8-13H,6-7H2,1-5H3. The summed E-state index contributed by atoms with van der Waals surface area (Å²) in [6.07, 6.45) is 0.958. The van der Waals surface area contributed by atoms with Crippen LogP contribution in [0, 0.1) is 11.8 Å². The van der Waals surface area contributed by atoms with Crippen LogP contribution in [-0.2, 0) is 0 Å². The second kappa shape index (κ2) is 6.39. The van der Waals surface area contributed by atoms with E-state index in [-0.39, 0.29) is 6.10 Å². The quantitative estimate of drug-likeness (QED) is 0.667. The van der Waals surface area contributed by atoms with E-state index in [1.807, 2.05) is 13.8 Å². The minimum Gasteiger partial charge on any atom is -0.392 e. The molecule has 2 atom stereocenters. The van der Waals surface area contributed by atoms with Gasteiger partial charge in [0.1, 0.15) is 0 Å². The first-order chi connectivity index (χ1) is 5.93. The predicted molar refractivity (Wildman–Crippen MR) is 57.8 cm³/mol. The molecule has 0 aromatic heterocycles. The molecule has 0 heterocycles. The molecule has 0 fully saturated rings. The zero-order chi connectivity index (χ0) is 10.4. The van der Waals surface area contributed by atoms with E-state index in [0.717, 1.165) is 5.92 Å². The normalized spacial score (nSPS) is 16.6. The molecule has 0 rings (SSSR count). The number of aliphatic hydroxyl groups excluding tert-OH is 1. The van der Waals surface area contributed by atoms with E-state index in [2.05, 4.69) is 26.1 Å². The maximum Gasteiger partial charge on any atom is 0.0687 e. The monoisotopic (exact) mass is 187 g/mol. The van der Waals surface area contributed by atoms with Gasteiger partial charge in [-0.1, -0.05) is 27.7 Å². The van der Waals surface area contributed by atoms with Gasteiger partial charge in [0.15, 0.2) is 0 Å². The van der Waals surface area contributed by atoms with Crippen molar-refractivity contribution in [1.82, 2.24) is 5.32 Å². The lowest BCUT2D eigenvalue weighted by Gasteiger charge is -2.20. The molecule has 0 aromatic carbocycles. The summed E-state index contributed by atoms with van der Waals surface area (Å²) in [6.45, 7) is 11.4. The van der Waals surface area contributed by atoms with Crippen LogP contribution in [0.3, 0.4) is 0 Å². The molecule has 0 amide bonds. The van der Waals surface area contributed by atoms with Crippen LogP contribution >= 0.6 is 0 Å². The lowest BCUT2D eigenvalue weighted by Crippen LogP contribution is -2.36. The fraction of sp³-hybridized carbons (Fsp3) is 1.00. The highest BCUT2D eigenvalue weighted by atomic mass is 16.3. The van der Waals surface area contributed by atoms with Crippen LogP contribution in [0.25, 0.3) is 0 Å². The van der Waals surface area contributed by atoms with Crippen LogP contribution in [0.4, 0.5) is 0 Å². The number of rotatable bonds is 6. The summed E-state index contributed by atoms with van der Waals surface area (Å²) >= 11 is 0. The van der Waals surface area contributed by atoms with E-state index in [1.54, 1.807) is 0 Å². The molecule has 2 nitrogen and oxygen atoms in total. The SMILES string of the molecule is CC(C)CC(C)NCC(O)C(C)C. The highest BCUT2D eigenvalue weighted by Crippen LogP contribution is 2.05. The van der Waals surface area contributed by atoms with Crippen molar-refractivity contribution in [3.05, 3.63) is 0 Å². The molecule has 0 aliphatic rings. The Morgan fingerprint density at radius 3 is 2.00 bits per heavy atom. The van der Waals surface area contributed by atoms with Gasteiger partial charge in [-0.25, -0.2) is 0 Å². The van der Waals surface area contributed by atoms with Gasteiger partial charge in [0.05, 0.1) is 6.10 Å². The fourth-order valence-corrected chi connectivity index (χ4v) is 1.35. The zero-order valence-electron chi connectivity index (χ0n) is 9.67. The van der Waals surface area contributed by atoms with Crippen molar-refractivity contribution in [3.8, 4) is 0 Å². The molecule has 2 heteroatoms. The molecule has 0 radical (unpaired) electrons. The van der Waals surface area contributed by atoms with Crippen LogP contribution in [0.2, 0.25) is 0 Å². The van der Waals surface area contributed by atoms with Gasteiger partial charge >= 0.3 is 0 Å². The first-order valence-electron chi connectivity index (χ1n) is 5.35. The van der Waals surface area contributed by atoms with Gasteiger partial charge in [0.25, 0.3) is 0 Å². The summed E-state index contributed by atoms with van der Waals surface area (Å²) < 4.78 is 0. The molecule has 0 aliphatic heterocycles. The predicted octanol–water partition coefficient (Wildman–Crippen LogP) is 2.03. The van der Waals surface area contributed by atoms with E-state index >= 15 is 0 Å². The number of hydrogen-bond donors (Lipinski definition) is 2. The molecular formula is C11H25NO. The van der Waals surface area contributed by atoms with Crippen LogP contribution in [-0.4, -0.2) is 23.8 Å². The summed E-state index contributed by atoms with van der Waals surface area (Å²) in [4.78, 5) is 0. The Morgan fingerprint density at radius 1 is 1.08 bits per heavy atom. The van der Waals surface area contributed by atoms with Crippen LogP contribution in [0.15, 0.2) is 0 Å². The summed E-state index contributed by atoms with van der Waals surface area (Å²) in [7, 11) is 0. The van der Waals surface area contributed by atoms with Gasteiger partial charge in [-0.15, -0.1) is 0 Å². The van der Waals surface area contributed by atoms with Crippen molar-refractivity contribution < 1.29 is 5.11 Å². The molecule has 13 heavy (non-hydrogen) atoms. The Labute approximate surface area is 82.7 Å². The highest BCUT2D eigenvalue weighted by Gasteiger charge is 2.10. The van der Waals surface area contributed by atoms with Crippen molar-refractivity contribution in [2.75, 3.05) is 6.54 Å². The third kappa shape index (κ3) is 7.03. The Balaban J connectivity index is 3.51. The third-order valence-corrected chi connectivity index (χ3v) is 2.27. The highest BCUT2D eigenvalue weighted by molar-refractivity contribution is 4.68. The second-order valence-electron chi connectivity index (χ2n) is 4.75. The topological polar surface area (TPSA) is 32.3 Å². The average Bonchev–Trinajstić information content (AvgIpc) is 1.98. The van der Waals surface area contributed by atoms with E-state index in [0.29, 0.717) is 18.5 Å². The first-order valence-corrected chi connectivity index (χ1v) is 5.35. The van der Waals surface area contributed by atoms with Crippen molar-refractivity contribution in [2.24, 2.45) is 11.8 Å². The summed E-state index contributed by atoms with van der Waals surface area (Å²) in [5.74, 6) is 1.07. The molecule has 0 aromatic rings. The van der Waals surface area contributed by atoms with Gasteiger partial charge < -0.3 is 10.4 Å². The van der Waals surface area contributed by atoms with Gasteiger partial charge in [-0.3, -0.25) is 0 Å². The van der Waals surface area contributed by atoms with Crippen molar-refractivity contribution in [3.63, 3.8) is 0 Å². The smallest absolute Gasteiger partial charge is 0.0687 e. The molecule has 2 unspecified atom stereocenters. The number of nitrogens with one attached hydrogen (secondary N) is 1. The maximum absolute atomic E-state index is 9.55. The van der Waals surface area contributed by atoms with E-state index < -0.39 is 0 Å². The van der Waals surface area contributed by atoms with Crippen molar-refractivity contribution >= 4 is 0 Å². The van der Waals surface area contributed by atoms with Crippen LogP contribution in [0.5, 0.6) is 0 Å². The second-order valence-corrected chi connectivity index (χ2v) is 4.75. The van der Waals surface area contributed by atoms with Gasteiger partial charge in [0, 0.05) is 12.6 Å². The van der Waals surface area contributed by atoms with Crippen molar-refractivity contribution in [1.29, 1.82) is 0 Å². The van der Waals surface area contributed by atoms with E-state index in [1.165, 1.54) is 6.42 Å². The Bertz CT molecular complexity index is 123. The van der Waals surface area contributed by atoms with Gasteiger partial charge in [0.2, 0.25) is 0 Å². The molecule has 0 spiro atoms. The zero-order valence-corrected chi connectivity index (χ0v) is 9.67. The van der Waals surface area contributed by atoms with Gasteiger partial charge in [-0.05, 0) is 25.2 Å². The Hall–Kier alpha value is -0.0800. The largest absolute Gasteiger partial charge is 0.392 e. The molecule has 0 saturated heterocycles. The molecule has 0 saturated carbocycles. The molecule has 2 N–H and O–H groups in total. The molecule has 0 bridgehead atoms. The lowest BCUT2D eigenvalue weighted by atomic mass is 10.0. The minimum absolute atomic E-state index is 0.213. The van der Waals surface area contributed by atoms with E-state index in [4.69, 9.17) is 0 Å². The summed E-state index contributed by atoms with van der Waals surface area (Å²) in [5, 5.41) is 12.9. The Morgan fingerprint density at radius 2 is 1.62 bits per heavy atom. The summed E-state index contributed by atoms with van der Waals surface area (Å²) in [5.41, 5.74) is 0. The summed E-state index contributed by atoms with van der Waals surface area (Å²) in [6, 6.07) is 0.508. The number of hydrogen-bond acceptors (Lipinski definition) is 2. The van der Waals surface area contributed by atoms with Crippen molar-refractivity contribution in [2.45, 2.75) is 53.2 Å².